The lowest BCUT2D eigenvalue weighted by Gasteiger charge is -2.29. The first-order valence-electron chi connectivity index (χ1n) is 11.0. The molecule has 0 aliphatic rings. The maximum atomic E-state index is 14.4. The molecule has 0 saturated heterocycles. The van der Waals surface area contributed by atoms with Crippen LogP contribution in [0.4, 0.5) is 48.3 Å². The van der Waals surface area contributed by atoms with E-state index in [4.69, 9.17) is 4.74 Å². The zero-order valence-electron chi connectivity index (χ0n) is 19.6. The fourth-order valence-corrected chi connectivity index (χ4v) is 3.83. The highest BCUT2D eigenvalue weighted by molar-refractivity contribution is 9.10. The molecule has 15 heteroatoms. The van der Waals surface area contributed by atoms with Gasteiger partial charge in [0.1, 0.15) is 5.75 Å². The van der Waals surface area contributed by atoms with E-state index in [1.165, 1.54) is 30.3 Å². The van der Waals surface area contributed by atoms with Crippen LogP contribution in [-0.2, 0) is 5.92 Å². The summed E-state index contributed by atoms with van der Waals surface area (Å²) >= 11 is 3.12. The summed E-state index contributed by atoms with van der Waals surface area (Å²) in [7, 11) is 0. The van der Waals surface area contributed by atoms with Crippen molar-refractivity contribution in [2.75, 3.05) is 6.54 Å². The van der Waals surface area contributed by atoms with Crippen molar-refractivity contribution in [1.82, 2.24) is 5.32 Å². The second kappa shape index (κ2) is 11.5. The van der Waals surface area contributed by atoms with E-state index in [9.17, 15) is 53.4 Å². The molecule has 0 aromatic heterocycles. The largest absolute Gasteiger partial charge is 0.460 e. The second-order valence-electron chi connectivity index (χ2n) is 8.42. The molecule has 3 nitrogen and oxygen atoms in total. The average Bonchev–Trinajstić information content (AvgIpc) is 2.85. The second-order valence-corrected chi connectivity index (χ2v) is 9.34. The minimum atomic E-state index is -6.62. The number of alkyl halides is 10. The van der Waals surface area contributed by atoms with Crippen molar-refractivity contribution in [2.45, 2.75) is 36.3 Å². The lowest BCUT2D eigenvalue weighted by Crippen LogP contribution is -2.50. The first-order valence-corrected chi connectivity index (χ1v) is 11.8. The van der Waals surface area contributed by atoms with Crippen LogP contribution in [-0.4, -0.2) is 36.0 Å². The third-order valence-electron chi connectivity index (χ3n) is 5.54. The fourth-order valence-electron chi connectivity index (χ4n) is 3.49. The fraction of sp³-hybridized carbons (Fsp3) is 0.280. The highest BCUT2D eigenvalue weighted by Gasteiger charge is 2.73. The van der Waals surface area contributed by atoms with Gasteiger partial charge in [0.05, 0.1) is 6.04 Å². The Kier molecular flexibility index (Phi) is 9.11. The quantitative estimate of drug-likeness (QED) is 0.229. The molecule has 2 atom stereocenters. The van der Waals surface area contributed by atoms with Crippen molar-refractivity contribution in [3.05, 3.63) is 93.7 Å². The average molecular weight is 652 g/mol. The molecule has 0 amide bonds. The molecule has 3 aromatic carbocycles. The van der Waals surface area contributed by atoms with Crippen LogP contribution in [0.15, 0.2) is 71.2 Å². The topological polar surface area (TPSA) is 41.5 Å². The summed E-state index contributed by atoms with van der Waals surface area (Å²) in [6.07, 6.45) is -14.7. The third kappa shape index (κ3) is 6.86. The summed E-state index contributed by atoms with van der Waals surface area (Å²) in [5.74, 6) is -13.4. The van der Waals surface area contributed by atoms with E-state index in [1.54, 1.807) is 0 Å². The number of nitrogens with one attached hydrogen (secondary N) is 1. The molecule has 3 rings (SSSR count). The van der Waals surface area contributed by atoms with Crippen molar-refractivity contribution in [1.29, 1.82) is 0 Å². The van der Waals surface area contributed by atoms with Gasteiger partial charge in [-0.15, -0.1) is 0 Å². The van der Waals surface area contributed by atoms with E-state index in [2.05, 4.69) is 21.2 Å². The predicted octanol–water partition coefficient (Wildman–Crippen LogP) is 8.27. The van der Waals surface area contributed by atoms with Gasteiger partial charge in [0.2, 0.25) is 0 Å². The van der Waals surface area contributed by atoms with Gasteiger partial charge in [-0.2, -0.15) is 43.9 Å². The molecule has 0 aliphatic heterocycles. The Labute approximate surface area is 227 Å². The monoisotopic (exact) mass is 651 g/mol. The Morgan fingerprint density at radius 3 is 2.00 bits per heavy atom. The van der Waals surface area contributed by atoms with Crippen molar-refractivity contribution >= 4 is 15.9 Å². The summed E-state index contributed by atoms with van der Waals surface area (Å²) in [6, 6.07) is 9.40. The van der Waals surface area contributed by atoms with Gasteiger partial charge in [-0.3, -0.25) is 0 Å². The molecular weight excluding hydrogens is 635 g/mol. The Bertz CT molecular complexity index is 1330. The Balaban J connectivity index is 2.06. The summed E-state index contributed by atoms with van der Waals surface area (Å²) in [6.45, 7) is -1.22. The number of halogens is 12. The maximum absolute atomic E-state index is 14.4. The Morgan fingerprint density at radius 1 is 0.800 bits per heavy atom. The maximum Gasteiger partial charge on any atom is 0.460 e. The van der Waals surface area contributed by atoms with Gasteiger partial charge in [-0.05, 0) is 47.5 Å². The molecule has 0 bridgehead atoms. The lowest BCUT2D eigenvalue weighted by atomic mass is 9.93. The molecule has 0 saturated carbocycles. The van der Waals surface area contributed by atoms with Crippen LogP contribution in [0, 0.1) is 5.82 Å². The van der Waals surface area contributed by atoms with Crippen LogP contribution < -0.4 is 10.1 Å². The van der Waals surface area contributed by atoms with Crippen molar-refractivity contribution < 1.29 is 58.1 Å². The standard InChI is InChI=1S/C25H17BrF11NO2/c26-16-7-8-18(27)19(11-16)40-17-6-2-4-14(10-17)21(38-12-20(39)23(30,31)32)13-3-1-5-15(9-13)22(28,29)24(33,34)25(35,36)37/h1-11,20-21,38-39H,12H2/t20-,21?/m1/s1. The van der Waals surface area contributed by atoms with Gasteiger partial charge in [0.25, 0.3) is 0 Å². The minimum absolute atomic E-state index is 0.0506. The van der Waals surface area contributed by atoms with Crippen LogP contribution in [0.5, 0.6) is 11.5 Å². The number of rotatable bonds is 9. The lowest BCUT2D eigenvalue weighted by molar-refractivity contribution is -0.359. The summed E-state index contributed by atoms with van der Waals surface area (Å²) in [5.41, 5.74) is -2.26. The van der Waals surface area contributed by atoms with Crippen LogP contribution in [0.25, 0.3) is 0 Å². The van der Waals surface area contributed by atoms with Gasteiger partial charge in [-0.1, -0.05) is 46.3 Å². The van der Waals surface area contributed by atoms with Crippen molar-refractivity contribution in [3.8, 4) is 11.5 Å². The molecule has 3 aromatic rings. The molecule has 0 fully saturated rings. The van der Waals surface area contributed by atoms with Gasteiger partial charge < -0.3 is 15.2 Å². The van der Waals surface area contributed by atoms with E-state index in [0.717, 1.165) is 24.3 Å². The zero-order chi connectivity index (χ0) is 30.1. The molecule has 2 N–H and O–H groups in total. The minimum Gasteiger partial charge on any atom is -0.454 e. The highest BCUT2D eigenvalue weighted by atomic mass is 79.9. The number of hydrogen-bond acceptors (Lipinski definition) is 3. The van der Waals surface area contributed by atoms with Gasteiger partial charge in [0.15, 0.2) is 17.7 Å². The third-order valence-corrected chi connectivity index (χ3v) is 6.03. The number of aliphatic hydroxyl groups excluding tert-OH is 1. The highest BCUT2D eigenvalue weighted by Crippen LogP contribution is 2.52. The Morgan fingerprint density at radius 2 is 1.40 bits per heavy atom. The summed E-state index contributed by atoms with van der Waals surface area (Å²) in [5, 5.41) is 11.7. The van der Waals surface area contributed by atoms with Crippen LogP contribution >= 0.6 is 15.9 Å². The number of aliphatic hydroxyl groups is 1. The molecule has 0 aliphatic carbocycles. The van der Waals surface area contributed by atoms with E-state index in [0.29, 0.717) is 10.5 Å². The normalized spacial score (nSPS) is 14.6. The molecule has 0 heterocycles. The summed E-state index contributed by atoms with van der Waals surface area (Å²) in [4.78, 5) is 0. The van der Waals surface area contributed by atoms with Gasteiger partial charge in [0, 0.05) is 16.6 Å². The molecular formula is C25H17BrF11NO2. The molecule has 0 radical (unpaired) electrons. The van der Waals surface area contributed by atoms with Crippen LogP contribution in [0.2, 0.25) is 0 Å². The van der Waals surface area contributed by atoms with Gasteiger partial charge in [-0.25, -0.2) is 4.39 Å². The van der Waals surface area contributed by atoms with Crippen LogP contribution in [0.3, 0.4) is 0 Å². The van der Waals surface area contributed by atoms with E-state index >= 15 is 0 Å². The molecule has 0 spiro atoms. The van der Waals surface area contributed by atoms with Crippen molar-refractivity contribution in [3.63, 3.8) is 0 Å². The molecule has 40 heavy (non-hydrogen) atoms. The zero-order valence-corrected chi connectivity index (χ0v) is 21.2. The van der Waals surface area contributed by atoms with Gasteiger partial charge >= 0.3 is 24.2 Å². The first kappa shape index (κ1) is 31.6. The van der Waals surface area contributed by atoms with E-state index < -0.39 is 59.8 Å². The molecule has 218 valence electrons. The summed E-state index contributed by atoms with van der Waals surface area (Å²) < 4.78 is 153. The van der Waals surface area contributed by atoms with E-state index in [-0.39, 0.29) is 23.1 Å². The van der Waals surface area contributed by atoms with E-state index in [1.807, 2.05) is 0 Å². The number of hydrogen-bond donors (Lipinski definition) is 2. The number of benzene rings is 3. The molecule has 1 unspecified atom stereocenters. The first-order chi connectivity index (χ1) is 18.3. The van der Waals surface area contributed by atoms with Crippen LogP contribution in [0.1, 0.15) is 22.7 Å². The van der Waals surface area contributed by atoms with Crippen molar-refractivity contribution in [2.24, 2.45) is 0 Å². The SMILES string of the molecule is O[C@H](CNC(c1cccc(Oc2cc(Br)ccc2F)c1)c1cccc(C(F)(F)C(F)(F)C(F)(F)F)c1)C(F)(F)F. The smallest absolute Gasteiger partial charge is 0.454 e. The Hall–Kier alpha value is -2.91. The number of ether oxygens (including phenoxy) is 1. The predicted molar refractivity (Wildman–Crippen MR) is 124 cm³/mol.